The Balaban J connectivity index is 1.24. The minimum absolute atomic E-state index is 0.0406. The van der Waals surface area contributed by atoms with Crippen molar-refractivity contribution in [3.05, 3.63) is 53.7 Å². The lowest BCUT2D eigenvalue weighted by atomic mass is 10.2. The lowest BCUT2D eigenvalue weighted by molar-refractivity contribution is -0.128. The summed E-state index contributed by atoms with van der Waals surface area (Å²) >= 11 is 0. The van der Waals surface area contributed by atoms with Gasteiger partial charge in [0.1, 0.15) is 5.65 Å². The molecule has 0 bridgehead atoms. The van der Waals surface area contributed by atoms with E-state index >= 15 is 0 Å². The number of amides is 1. The zero-order valence-corrected chi connectivity index (χ0v) is 21.8. The number of anilines is 2. The lowest BCUT2D eigenvalue weighted by Gasteiger charge is -2.39. The zero-order valence-electron chi connectivity index (χ0n) is 21.8. The Kier molecular flexibility index (Phi) is 8.11. The van der Waals surface area contributed by atoms with E-state index in [2.05, 4.69) is 43.7 Å². The van der Waals surface area contributed by atoms with Crippen molar-refractivity contribution in [2.24, 2.45) is 0 Å². The standard InChI is InChI=1S/C26H35N9O3/c1-3-23(36)33-8-7-32(20(2)18-33)9-11-35-24(37)5-4-21-16-27-26(30-25(21)35)29-22-17-28-34(19-22)10-6-31-12-14-38-15-13-31/h3-5,16-17,19-20H,1,6-15,18H2,2H3,(H,27,29,30)/t20-/m0/s1. The van der Waals surface area contributed by atoms with E-state index < -0.39 is 0 Å². The number of nitrogens with one attached hydrogen (secondary N) is 1. The number of nitrogens with zero attached hydrogens (tertiary/aromatic N) is 8. The van der Waals surface area contributed by atoms with Gasteiger partial charge in [-0.05, 0) is 19.1 Å². The molecule has 2 aliphatic rings. The number of hydrogen-bond acceptors (Lipinski definition) is 9. The summed E-state index contributed by atoms with van der Waals surface area (Å²) in [5.41, 5.74) is 1.27. The number of carbonyl (C=O) groups is 1. The highest BCUT2D eigenvalue weighted by molar-refractivity contribution is 5.87. The van der Waals surface area contributed by atoms with Crippen molar-refractivity contribution in [1.29, 1.82) is 0 Å². The van der Waals surface area contributed by atoms with E-state index in [1.165, 1.54) is 6.08 Å². The molecule has 38 heavy (non-hydrogen) atoms. The fraction of sp³-hybridized carbons (Fsp3) is 0.500. The Morgan fingerprint density at radius 1 is 1.13 bits per heavy atom. The third-order valence-electron chi connectivity index (χ3n) is 7.22. The molecule has 0 spiro atoms. The topological polar surface area (TPSA) is 114 Å². The molecule has 0 radical (unpaired) electrons. The first-order valence-corrected chi connectivity index (χ1v) is 13.1. The molecule has 1 N–H and O–H groups in total. The van der Waals surface area contributed by atoms with E-state index in [9.17, 15) is 9.59 Å². The summed E-state index contributed by atoms with van der Waals surface area (Å²) in [6.45, 7) is 14.1. The minimum atomic E-state index is -0.105. The summed E-state index contributed by atoms with van der Waals surface area (Å²) < 4.78 is 9.00. The Hall–Kier alpha value is -3.61. The van der Waals surface area contributed by atoms with Crippen LogP contribution < -0.4 is 10.9 Å². The van der Waals surface area contributed by atoms with Crippen molar-refractivity contribution < 1.29 is 9.53 Å². The highest BCUT2D eigenvalue weighted by atomic mass is 16.5. The van der Waals surface area contributed by atoms with Crippen LogP contribution in [0, 0.1) is 0 Å². The number of piperazine rings is 1. The Labute approximate surface area is 221 Å². The van der Waals surface area contributed by atoms with Crippen molar-refractivity contribution >= 4 is 28.6 Å². The number of carbonyl (C=O) groups excluding carboxylic acids is 1. The van der Waals surface area contributed by atoms with Gasteiger partial charge in [0, 0.05) is 82.2 Å². The summed E-state index contributed by atoms with van der Waals surface area (Å²) in [4.78, 5) is 40.4. The molecule has 0 aliphatic carbocycles. The van der Waals surface area contributed by atoms with E-state index in [1.54, 1.807) is 29.1 Å². The van der Waals surface area contributed by atoms with Crippen LogP contribution in [0.4, 0.5) is 11.6 Å². The number of aromatic nitrogens is 5. The predicted molar refractivity (Wildman–Crippen MR) is 144 cm³/mol. The SMILES string of the molecule is C=CC(=O)N1CCN(CCn2c(=O)ccc3cnc(Nc4cnn(CCN5CCOCC5)c4)nc32)[C@@H](C)C1. The van der Waals surface area contributed by atoms with Gasteiger partial charge >= 0.3 is 0 Å². The lowest BCUT2D eigenvalue weighted by Crippen LogP contribution is -2.54. The predicted octanol–water partition coefficient (Wildman–Crippen LogP) is 0.783. The van der Waals surface area contributed by atoms with Crippen LogP contribution in [0.2, 0.25) is 0 Å². The van der Waals surface area contributed by atoms with Gasteiger partial charge in [-0.25, -0.2) is 4.98 Å². The highest BCUT2D eigenvalue weighted by Gasteiger charge is 2.25. The molecular formula is C26H35N9O3. The molecule has 0 aromatic carbocycles. The maximum absolute atomic E-state index is 12.8. The fourth-order valence-corrected chi connectivity index (χ4v) is 4.98. The quantitative estimate of drug-likeness (QED) is 0.408. The van der Waals surface area contributed by atoms with Crippen LogP contribution in [0.25, 0.3) is 11.0 Å². The van der Waals surface area contributed by atoms with Gasteiger partial charge in [-0.1, -0.05) is 6.58 Å². The van der Waals surface area contributed by atoms with E-state index in [-0.39, 0.29) is 17.5 Å². The Morgan fingerprint density at radius 2 is 1.97 bits per heavy atom. The first-order chi connectivity index (χ1) is 18.5. The third-order valence-corrected chi connectivity index (χ3v) is 7.22. The van der Waals surface area contributed by atoms with Crippen molar-refractivity contribution in [1.82, 2.24) is 39.0 Å². The number of pyridine rings is 1. The first kappa shape index (κ1) is 26.0. The van der Waals surface area contributed by atoms with Crippen LogP contribution in [-0.4, -0.2) is 110 Å². The third kappa shape index (κ3) is 6.09. The molecule has 0 saturated carbocycles. The van der Waals surface area contributed by atoms with Crippen LogP contribution in [-0.2, 0) is 22.6 Å². The second kappa shape index (κ2) is 11.8. The second-order valence-corrected chi connectivity index (χ2v) is 9.74. The van der Waals surface area contributed by atoms with Crippen LogP contribution in [0.15, 0.2) is 48.2 Å². The average molecular weight is 522 g/mol. The van der Waals surface area contributed by atoms with Gasteiger partial charge in [0.15, 0.2) is 0 Å². The summed E-state index contributed by atoms with van der Waals surface area (Å²) in [5.74, 6) is 0.371. The van der Waals surface area contributed by atoms with Crippen LogP contribution in [0.1, 0.15) is 6.92 Å². The second-order valence-electron chi connectivity index (χ2n) is 9.74. The summed E-state index contributed by atoms with van der Waals surface area (Å²) in [6.07, 6.45) is 6.78. The van der Waals surface area contributed by atoms with E-state index in [1.807, 2.05) is 15.8 Å². The molecule has 1 amide bonds. The van der Waals surface area contributed by atoms with Gasteiger partial charge < -0.3 is 15.0 Å². The number of fused-ring (bicyclic) bond motifs is 1. The van der Waals surface area contributed by atoms with Gasteiger partial charge in [0.05, 0.1) is 31.6 Å². The minimum Gasteiger partial charge on any atom is -0.379 e. The van der Waals surface area contributed by atoms with E-state index in [4.69, 9.17) is 4.74 Å². The van der Waals surface area contributed by atoms with E-state index in [0.717, 1.165) is 57.0 Å². The molecule has 202 valence electrons. The van der Waals surface area contributed by atoms with Gasteiger partial charge in [-0.15, -0.1) is 0 Å². The summed E-state index contributed by atoms with van der Waals surface area (Å²) in [7, 11) is 0. The highest BCUT2D eigenvalue weighted by Crippen LogP contribution is 2.16. The van der Waals surface area contributed by atoms with Crippen molar-refractivity contribution in [2.75, 3.05) is 64.3 Å². The number of ether oxygens (including phenoxy) is 1. The maximum Gasteiger partial charge on any atom is 0.252 e. The smallest absolute Gasteiger partial charge is 0.252 e. The number of morpholine rings is 1. The monoisotopic (exact) mass is 521 g/mol. The maximum atomic E-state index is 12.8. The Morgan fingerprint density at radius 3 is 2.76 bits per heavy atom. The largest absolute Gasteiger partial charge is 0.379 e. The molecule has 3 aromatic rings. The average Bonchev–Trinajstić information content (AvgIpc) is 3.39. The van der Waals surface area contributed by atoms with E-state index in [0.29, 0.717) is 37.8 Å². The number of rotatable bonds is 9. The molecule has 1 atom stereocenters. The molecule has 2 aliphatic heterocycles. The molecule has 5 heterocycles. The van der Waals surface area contributed by atoms with Crippen molar-refractivity contribution in [2.45, 2.75) is 26.1 Å². The number of hydrogen-bond donors (Lipinski definition) is 1. The normalized spacial score (nSPS) is 19.1. The van der Waals surface area contributed by atoms with Crippen LogP contribution in [0.3, 0.4) is 0 Å². The summed E-state index contributed by atoms with van der Waals surface area (Å²) in [6, 6.07) is 3.50. The van der Waals surface area contributed by atoms with Gasteiger partial charge in [0.25, 0.3) is 5.56 Å². The van der Waals surface area contributed by atoms with Crippen LogP contribution >= 0.6 is 0 Å². The van der Waals surface area contributed by atoms with Gasteiger partial charge in [-0.3, -0.25) is 28.6 Å². The molecular weight excluding hydrogens is 486 g/mol. The molecule has 0 unspecified atom stereocenters. The molecule has 3 aromatic heterocycles. The molecule has 5 rings (SSSR count). The van der Waals surface area contributed by atoms with Gasteiger partial charge in [0.2, 0.25) is 11.9 Å². The first-order valence-electron chi connectivity index (χ1n) is 13.1. The fourth-order valence-electron chi connectivity index (χ4n) is 4.98. The van der Waals surface area contributed by atoms with Crippen molar-refractivity contribution in [3.8, 4) is 0 Å². The Bertz CT molecular complexity index is 1330. The molecule has 12 nitrogen and oxygen atoms in total. The summed E-state index contributed by atoms with van der Waals surface area (Å²) in [5, 5.41) is 8.47. The molecule has 2 fully saturated rings. The van der Waals surface area contributed by atoms with Crippen molar-refractivity contribution in [3.63, 3.8) is 0 Å². The molecule has 2 saturated heterocycles. The van der Waals surface area contributed by atoms with Crippen LogP contribution in [0.5, 0.6) is 0 Å². The zero-order chi connectivity index (χ0) is 26.5. The van der Waals surface area contributed by atoms with Gasteiger partial charge in [-0.2, -0.15) is 10.1 Å². The molecule has 12 heteroatoms.